The highest BCUT2D eigenvalue weighted by Gasteiger charge is 2.23. The Morgan fingerprint density at radius 1 is 1.04 bits per heavy atom. The first kappa shape index (κ1) is 20.9. The molecule has 7 heteroatoms. The Morgan fingerprint density at radius 3 is 2.15 bits per heavy atom. The van der Waals surface area contributed by atoms with E-state index in [-0.39, 0.29) is 18.9 Å². The molecule has 6 nitrogen and oxygen atoms in total. The van der Waals surface area contributed by atoms with Gasteiger partial charge in [0.25, 0.3) is 0 Å². The number of benzene rings is 1. The van der Waals surface area contributed by atoms with Crippen molar-refractivity contribution < 1.29 is 13.2 Å². The molecule has 3 N–H and O–H groups in total. The Hall–Kier alpha value is -1.44. The molecule has 1 heterocycles. The minimum absolute atomic E-state index is 0.0944. The Bertz CT molecular complexity index is 753. The molecule has 2 rings (SSSR count). The molecule has 0 aliphatic carbocycles. The van der Waals surface area contributed by atoms with Crippen molar-refractivity contribution in [3.63, 3.8) is 0 Å². The topological polar surface area (TPSA) is 87.3 Å². The van der Waals surface area contributed by atoms with E-state index in [1.54, 1.807) is 0 Å². The van der Waals surface area contributed by atoms with Crippen LogP contribution in [0.15, 0.2) is 4.90 Å². The molecule has 1 amide bonds. The maximum Gasteiger partial charge on any atom is 0.241 e. The molecule has 1 aromatic rings. The molecule has 1 fully saturated rings. The lowest BCUT2D eigenvalue weighted by atomic mass is 9.95. The monoisotopic (exact) mass is 381 g/mol. The van der Waals surface area contributed by atoms with E-state index in [2.05, 4.69) is 15.4 Å². The fourth-order valence-corrected chi connectivity index (χ4v) is 5.12. The summed E-state index contributed by atoms with van der Waals surface area (Å²) in [4.78, 5) is 12.3. The second kappa shape index (κ2) is 8.50. The molecule has 0 spiro atoms. The number of sulfonamides is 1. The average Bonchev–Trinajstić information content (AvgIpc) is 3.09. The van der Waals surface area contributed by atoms with Crippen molar-refractivity contribution in [2.45, 2.75) is 64.8 Å². The van der Waals surface area contributed by atoms with Crippen LogP contribution < -0.4 is 15.4 Å². The van der Waals surface area contributed by atoms with Crippen LogP contribution in [-0.2, 0) is 14.8 Å². The molecule has 1 unspecified atom stereocenters. The summed E-state index contributed by atoms with van der Waals surface area (Å²) in [5.74, 6) is -0.133. The summed E-state index contributed by atoms with van der Waals surface area (Å²) in [5, 5.41) is 6.18. The van der Waals surface area contributed by atoms with E-state index in [0.717, 1.165) is 47.2 Å². The van der Waals surface area contributed by atoms with E-state index >= 15 is 0 Å². The number of nitrogens with one attached hydrogen (secondary N) is 3. The zero-order chi connectivity index (χ0) is 19.5. The fraction of sp³-hybridized carbons (Fsp3) is 0.632. The van der Waals surface area contributed by atoms with Crippen molar-refractivity contribution in [3.05, 3.63) is 27.8 Å². The van der Waals surface area contributed by atoms with Crippen LogP contribution in [0.3, 0.4) is 0 Å². The predicted molar refractivity (Wildman–Crippen MR) is 104 cm³/mol. The van der Waals surface area contributed by atoms with E-state index in [0.29, 0.717) is 17.5 Å². The number of hydrogen-bond donors (Lipinski definition) is 3. The molecule has 0 aromatic heterocycles. The van der Waals surface area contributed by atoms with Crippen LogP contribution in [0.5, 0.6) is 0 Å². The lowest BCUT2D eigenvalue weighted by Crippen LogP contribution is -2.38. The Kier molecular flexibility index (Phi) is 6.82. The highest BCUT2D eigenvalue weighted by atomic mass is 32.2. The van der Waals surface area contributed by atoms with Gasteiger partial charge < -0.3 is 10.6 Å². The summed E-state index contributed by atoms with van der Waals surface area (Å²) < 4.78 is 28.2. The maximum absolute atomic E-state index is 12.8. The van der Waals surface area contributed by atoms with Gasteiger partial charge in [-0.15, -0.1) is 0 Å². The van der Waals surface area contributed by atoms with Gasteiger partial charge in [-0.1, -0.05) is 0 Å². The summed E-state index contributed by atoms with van der Waals surface area (Å²) in [6.45, 7) is 11.3. The summed E-state index contributed by atoms with van der Waals surface area (Å²) in [7, 11) is -3.65. The van der Waals surface area contributed by atoms with E-state index in [4.69, 9.17) is 0 Å². The van der Waals surface area contributed by atoms with Crippen LogP contribution in [-0.4, -0.2) is 40.0 Å². The van der Waals surface area contributed by atoms with Crippen molar-refractivity contribution in [1.29, 1.82) is 0 Å². The largest absolute Gasteiger partial charge is 0.354 e. The first-order chi connectivity index (χ1) is 12.1. The number of hydrogen-bond acceptors (Lipinski definition) is 4. The maximum atomic E-state index is 12.8. The fourth-order valence-electron chi connectivity index (χ4n) is 3.50. The van der Waals surface area contributed by atoms with Crippen LogP contribution >= 0.6 is 0 Å². The van der Waals surface area contributed by atoms with Gasteiger partial charge in [0.15, 0.2) is 0 Å². The van der Waals surface area contributed by atoms with Gasteiger partial charge in [0, 0.05) is 25.6 Å². The molecule has 146 valence electrons. The van der Waals surface area contributed by atoms with E-state index in [1.165, 1.54) is 0 Å². The molecule has 1 saturated heterocycles. The van der Waals surface area contributed by atoms with Gasteiger partial charge in [-0.2, -0.15) is 0 Å². The Balaban J connectivity index is 1.98. The highest BCUT2D eigenvalue weighted by molar-refractivity contribution is 7.89. The third kappa shape index (κ3) is 4.64. The second-order valence-electron chi connectivity index (χ2n) is 7.20. The number of carbonyl (C=O) groups excluding carboxylic acids is 1. The van der Waals surface area contributed by atoms with Gasteiger partial charge in [-0.05, 0) is 81.8 Å². The van der Waals surface area contributed by atoms with Crippen LogP contribution in [0.4, 0.5) is 0 Å². The molecule has 0 bridgehead atoms. The molecule has 1 aliphatic rings. The normalized spacial score (nSPS) is 17.5. The van der Waals surface area contributed by atoms with E-state index in [9.17, 15) is 13.2 Å². The average molecular weight is 382 g/mol. The van der Waals surface area contributed by atoms with Crippen LogP contribution in [0.1, 0.15) is 47.1 Å². The predicted octanol–water partition coefficient (Wildman–Crippen LogP) is 1.77. The molecule has 0 saturated carbocycles. The molecule has 1 aromatic carbocycles. The molecular formula is C19H31N3O3S. The van der Waals surface area contributed by atoms with Crippen molar-refractivity contribution in [3.8, 4) is 0 Å². The van der Waals surface area contributed by atoms with Gasteiger partial charge >= 0.3 is 0 Å². The molecule has 0 radical (unpaired) electrons. The summed E-state index contributed by atoms with van der Waals surface area (Å²) in [5.41, 5.74) is 4.66. The summed E-state index contributed by atoms with van der Waals surface area (Å²) in [6, 6.07) is 0.333. The summed E-state index contributed by atoms with van der Waals surface area (Å²) in [6.07, 6.45) is 2.33. The second-order valence-corrected chi connectivity index (χ2v) is 8.90. The van der Waals surface area contributed by atoms with Gasteiger partial charge in [0.2, 0.25) is 15.9 Å². The number of amides is 1. The van der Waals surface area contributed by atoms with Crippen molar-refractivity contribution in [1.82, 2.24) is 15.4 Å². The minimum atomic E-state index is -3.65. The highest BCUT2D eigenvalue weighted by Crippen LogP contribution is 2.29. The lowest BCUT2D eigenvalue weighted by Gasteiger charge is -2.19. The van der Waals surface area contributed by atoms with Crippen LogP contribution in [0, 0.1) is 34.6 Å². The van der Waals surface area contributed by atoms with E-state index in [1.807, 2.05) is 34.6 Å². The van der Waals surface area contributed by atoms with Crippen molar-refractivity contribution >= 4 is 15.9 Å². The quantitative estimate of drug-likeness (QED) is 0.672. The van der Waals surface area contributed by atoms with E-state index < -0.39 is 10.0 Å². The molecule has 1 atom stereocenters. The first-order valence-electron chi connectivity index (χ1n) is 9.22. The Labute approximate surface area is 157 Å². The van der Waals surface area contributed by atoms with Crippen molar-refractivity contribution in [2.24, 2.45) is 0 Å². The van der Waals surface area contributed by atoms with Gasteiger partial charge in [-0.3, -0.25) is 4.79 Å². The molecule has 1 aliphatic heterocycles. The standard InChI is InChI=1S/C19H31N3O3S/c1-12-13(2)15(4)19(16(5)14(12)3)26(24,25)22-10-8-18(23)21-11-17-7-6-9-20-17/h17,20,22H,6-11H2,1-5H3,(H,21,23). The number of carbonyl (C=O) groups is 1. The Morgan fingerprint density at radius 2 is 1.62 bits per heavy atom. The molecule has 26 heavy (non-hydrogen) atoms. The third-order valence-electron chi connectivity index (χ3n) is 5.55. The third-order valence-corrected chi connectivity index (χ3v) is 7.29. The smallest absolute Gasteiger partial charge is 0.241 e. The van der Waals surface area contributed by atoms with Crippen molar-refractivity contribution in [2.75, 3.05) is 19.6 Å². The molecular weight excluding hydrogens is 350 g/mol. The number of rotatable bonds is 7. The first-order valence-corrected chi connectivity index (χ1v) is 10.7. The zero-order valence-corrected chi connectivity index (χ0v) is 17.3. The lowest BCUT2D eigenvalue weighted by molar-refractivity contribution is -0.121. The summed E-state index contributed by atoms with van der Waals surface area (Å²) >= 11 is 0. The van der Waals surface area contributed by atoms with Crippen LogP contribution in [0.25, 0.3) is 0 Å². The van der Waals surface area contributed by atoms with Gasteiger partial charge in [0.1, 0.15) is 0 Å². The zero-order valence-electron chi connectivity index (χ0n) is 16.5. The van der Waals surface area contributed by atoms with Crippen LogP contribution in [0.2, 0.25) is 0 Å². The SMILES string of the molecule is Cc1c(C)c(C)c(S(=O)(=O)NCCC(=O)NCC2CCCN2)c(C)c1C. The minimum Gasteiger partial charge on any atom is -0.354 e. The van der Waals surface area contributed by atoms with Gasteiger partial charge in [0.05, 0.1) is 4.90 Å². The van der Waals surface area contributed by atoms with Gasteiger partial charge in [-0.25, -0.2) is 13.1 Å².